The second kappa shape index (κ2) is 8.41. The zero-order valence-electron chi connectivity index (χ0n) is 19.1. The van der Waals surface area contributed by atoms with E-state index in [1.807, 2.05) is 6.07 Å². The van der Waals surface area contributed by atoms with Crippen LogP contribution < -0.4 is 26.0 Å². The molecule has 10 nitrogen and oxygen atoms in total. The standard InChI is InChI=1S/C23H25FN8O2/c1-12-10-31(7-6-26-12)18-5-4-15(19-16(18)9-27-23(30-19)34-3)22(33)29-14-8-17(24)21-28-13(2)20(25)32(21)11-14/h4-5,8-9,11-12,26H,6-7,10,25H2,1-3H3,(H,29,33). The van der Waals surface area contributed by atoms with E-state index in [4.69, 9.17) is 10.5 Å². The summed E-state index contributed by atoms with van der Waals surface area (Å²) in [5, 5.41) is 6.91. The van der Waals surface area contributed by atoms with Crippen molar-refractivity contribution in [3.63, 3.8) is 0 Å². The summed E-state index contributed by atoms with van der Waals surface area (Å²) >= 11 is 0. The second-order valence-electron chi connectivity index (χ2n) is 8.36. The minimum Gasteiger partial charge on any atom is -0.467 e. The summed E-state index contributed by atoms with van der Waals surface area (Å²) in [5.41, 5.74) is 8.57. The van der Waals surface area contributed by atoms with Crippen LogP contribution in [0.5, 0.6) is 6.01 Å². The smallest absolute Gasteiger partial charge is 0.316 e. The first kappa shape index (κ1) is 21.8. The molecule has 1 aliphatic heterocycles. The number of imidazole rings is 1. The van der Waals surface area contributed by atoms with E-state index in [0.29, 0.717) is 28.6 Å². The maximum absolute atomic E-state index is 14.6. The van der Waals surface area contributed by atoms with E-state index in [2.05, 4.69) is 37.4 Å². The Morgan fingerprint density at radius 3 is 2.94 bits per heavy atom. The van der Waals surface area contributed by atoms with E-state index in [-0.39, 0.29) is 17.3 Å². The Bertz CT molecular complexity index is 1420. The maximum atomic E-state index is 14.6. The van der Waals surface area contributed by atoms with E-state index < -0.39 is 11.7 Å². The zero-order chi connectivity index (χ0) is 24.0. The lowest BCUT2D eigenvalue weighted by molar-refractivity contribution is 0.102. The number of ether oxygens (including phenoxy) is 1. The normalized spacial score (nSPS) is 16.2. The summed E-state index contributed by atoms with van der Waals surface area (Å²) in [5.74, 6) is -0.725. The third-order valence-electron chi connectivity index (χ3n) is 6.00. The number of nitrogens with one attached hydrogen (secondary N) is 2. The highest BCUT2D eigenvalue weighted by atomic mass is 19.1. The summed E-state index contributed by atoms with van der Waals surface area (Å²) < 4.78 is 21.2. The van der Waals surface area contributed by atoms with Gasteiger partial charge in [0.15, 0.2) is 11.5 Å². The van der Waals surface area contributed by atoms with Gasteiger partial charge in [0.25, 0.3) is 5.91 Å². The Hall–Kier alpha value is -3.99. The largest absolute Gasteiger partial charge is 0.467 e. The predicted molar refractivity (Wildman–Crippen MR) is 128 cm³/mol. The molecule has 1 saturated heterocycles. The Balaban J connectivity index is 1.55. The number of aryl methyl sites for hydroxylation is 1. The van der Waals surface area contributed by atoms with Crippen LogP contribution >= 0.6 is 0 Å². The molecule has 34 heavy (non-hydrogen) atoms. The van der Waals surface area contributed by atoms with Crippen molar-refractivity contribution >= 4 is 39.6 Å². The molecule has 0 radical (unpaired) electrons. The average Bonchev–Trinajstić information content (AvgIpc) is 3.12. The summed E-state index contributed by atoms with van der Waals surface area (Å²) in [6.07, 6.45) is 3.21. The fourth-order valence-electron chi connectivity index (χ4n) is 4.30. The molecule has 0 spiro atoms. The van der Waals surface area contributed by atoms with Crippen LogP contribution in [0.2, 0.25) is 0 Å². The molecule has 4 aromatic rings. The van der Waals surface area contributed by atoms with E-state index in [9.17, 15) is 9.18 Å². The molecule has 1 aromatic carbocycles. The lowest BCUT2D eigenvalue weighted by atomic mass is 10.1. The van der Waals surface area contributed by atoms with Crippen LogP contribution in [0, 0.1) is 12.7 Å². The third kappa shape index (κ3) is 3.73. The van der Waals surface area contributed by atoms with E-state index in [1.165, 1.54) is 17.6 Å². The molecule has 176 valence electrons. The number of piperazine rings is 1. The number of nitrogens with two attached hydrogens (primary N) is 1. The van der Waals surface area contributed by atoms with Gasteiger partial charge in [0, 0.05) is 55.2 Å². The van der Waals surface area contributed by atoms with Gasteiger partial charge in [-0.1, -0.05) is 0 Å². The number of hydrogen-bond donors (Lipinski definition) is 3. The number of carbonyl (C=O) groups is 1. The third-order valence-corrected chi connectivity index (χ3v) is 6.00. The molecule has 11 heteroatoms. The maximum Gasteiger partial charge on any atom is 0.316 e. The van der Waals surface area contributed by atoms with Gasteiger partial charge >= 0.3 is 6.01 Å². The molecule has 4 heterocycles. The topological polar surface area (TPSA) is 123 Å². The molecule has 1 aliphatic rings. The number of hydrogen-bond acceptors (Lipinski definition) is 8. The van der Waals surface area contributed by atoms with Crippen LogP contribution in [0.15, 0.2) is 30.6 Å². The van der Waals surface area contributed by atoms with Gasteiger partial charge in [-0.25, -0.2) is 14.4 Å². The molecule has 0 aliphatic carbocycles. The number of methoxy groups -OCH3 is 1. The molecule has 0 bridgehead atoms. The first-order chi connectivity index (χ1) is 16.4. The number of carbonyl (C=O) groups excluding carboxylic acids is 1. The zero-order valence-corrected chi connectivity index (χ0v) is 19.1. The number of aromatic nitrogens is 4. The van der Waals surface area contributed by atoms with Gasteiger partial charge in [-0.05, 0) is 26.0 Å². The second-order valence-corrected chi connectivity index (χ2v) is 8.36. The Labute approximate surface area is 195 Å². The van der Waals surface area contributed by atoms with Crippen LogP contribution in [-0.2, 0) is 0 Å². The highest BCUT2D eigenvalue weighted by Gasteiger charge is 2.22. The lowest BCUT2D eigenvalue weighted by Gasteiger charge is -2.34. The van der Waals surface area contributed by atoms with Crippen LogP contribution in [0.25, 0.3) is 16.6 Å². The highest BCUT2D eigenvalue weighted by molar-refractivity contribution is 6.13. The van der Waals surface area contributed by atoms with Gasteiger partial charge in [0.2, 0.25) is 0 Å². The molecule has 1 unspecified atom stereocenters. The summed E-state index contributed by atoms with van der Waals surface area (Å²) in [7, 11) is 1.47. The van der Waals surface area contributed by atoms with Crippen molar-refractivity contribution in [2.45, 2.75) is 19.9 Å². The van der Waals surface area contributed by atoms with Crippen molar-refractivity contribution in [1.29, 1.82) is 0 Å². The number of fused-ring (bicyclic) bond motifs is 2. The van der Waals surface area contributed by atoms with Gasteiger partial charge in [-0.3, -0.25) is 9.20 Å². The molecule has 4 N–H and O–H groups in total. The molecule has 3 aromatic heterocycles. The molecule has 0 saturated carbocycles. The summed E-state index contributed by atoms with van der Waals surface area (Å²) in [6, 6.07) is 5.31. The van der Waals surface area contributed by atoms with Gasteiger partial charge in [-0.15, -0.1) is 0 Å². The van der Waals surface area contributed by atoms with E-state index >= 15 is 0 Å². The van der Waals surface area contributed by atoms with E-state index in [0.717, 1.165) is 30.7 Å². The number of anilines is 3. The summed E-state index contributed by atoms with van der Waals surface area (Å²) in [6.45, 7) is 6.31. The number of benzene rings is 1. The Morgan fingerprint density at radius 2 is 2.18 bits per heavy atom. The number of nitrogens with zero attached hydrogens (tertiary/aromatic N) is 5. The van der Waals surface area contributed by atoms with Crippen LogP contribution in [0.4, 0.5) is 21.6 Å². The lowest BCUT2D eigenvalue weighted by Crippen LogP contribution is -2.49. The van der Waals surface area contributed by atoms with Gasteiger partial charge in [0.1, 0.15) is 5.82 Å². The monoisotopic (exact) mass is 464 g/mol. The first-order valence-electron chi connectivity index (χ1n) is 10.9. The number of halogens is 1. The van der Waals surface area contributed by atoms with Crippen LogP contribution in [0.1, 0.15) is 23.0 Å². The minimum atomic E-state index is -0.588. The SMILES string of the molecule is COc1ncc2c(N3CCNC(C)C3)ccc(C(=O)Nc3cc(F)c4nc(C)c(N)n4c3)c2n1. The van der Waals surface area contributed by atoms with Crippen molar-refractivity contribution in [1.82, 2.24) is 24.7 Å². The van der Waals surface area contributed by atoms with Crippen molar-refractivity contribution in [2.75, 3.05) is 42.7 Å². The fourth-order valence-corrected chi connectivity index (χ4v) is 4.30. The van der Waals surface area contributed by atoms with Crippen molar-refractivity contribution < 1.29 is 13.9 Å². The summed E-state index contributed by atoms with van der Waals surface area (Å²) in [4.78, 5) is 28.4. The van der Waals surface area contributed by atoms with Crippen LogP contribution in [0.3, 0.4) is 0 Å². The first-order valence-corrected chi connectivity index (χ1v) is 10.9. The number of nitrogen functional groups attached to an aromatic ring is 1. The molecular weight excluding hydrogens is 439 g/mol. The molecule has 5 rings (SSSR count). The number of rotatable bonds is 4. The fraction of sp³-hybridized carbons (Fsp3) is 0.304. The molecular formula is C23H25FN8O2. The highest BCUT2D eigenvalue weighted by Crippen LogP contribution is 2.30. The van der Waals surface area contributed by atoms with Gasteiger partial charge in [-0.2, -0.15) is 4.98 Å². The average molecular weight is 465 g/mol. The molecule has 1 amide bonds. The van der Waals surface area contributed by atoms with Crippen LogP contribution in [-0.4, -0.2) is 58.0 Å². The molecule has 1 fully saturated rings. The Morgan fingerprint density at radius 1 is 1.35 bits per heavy atom. The predicted octanol–water partition coefficient (Wildman–Crippen LogP) is 2.37. The van der Waals surface area contributed by atoms with Gasteiger partial charge in [0.05, 0.1) is 29.6 Å². The number of pyridine rings is 1. The van der Waals surface area contributed by atoms with Crippen molar-refractivity contribution in [3.05, 3.63) is 47.7 Å². The number of amides is 1. The van der Waals surface area contributed by atoms with Gasteiger partial charge < -0.3 is 26.0 Å². The van der Waals surface area contributed by atoms with Crippen molar-refractivity contribution in [2.24, 2.45) is 0 Å². The minimum absolute atomic E-state index is 0.102. The van der Waals surface area contributed by atoms with E-state index in [1.54, 1.807) is 25.4 Å². The quantitative estimate of drug-likeness (QED) is 0.421. The Kier molecular flexibility index (Phi) is 5.40. The molecule has 1 atom stereocenters. The van der Waals surface area contributed by atoms with Crippen molar-refractivity contribution in [3.8, 4) is 6.01 Å².